The Bertz CT molecular complexity index is 330. The van der Waals surface area contributed by atoms with Gasteiger partial charge in [0, 0.05) is 12.6 Å². The molecule has 0 aliphatic rings. The molecule has 0 saturated heterocycles. The second-order valence-electron chi connectivity index (χ2n) is 2.42. The maximum absolute atomic E-state index is 10.4. The van der Waals surface area contributed by atoms with E-state index in [1.165, 1.54) is 12.1 Å². The van der Waals surface area contributed by atoms with E-state index in [4.69, 9.17) is 17.4 Å². The Hall–Kier alpha value is -1.17. The number of nitro groups is 1. The number of nitrogens with two attached hydrogens (primary N) is 1. The van der Waals surface area contributed by atoms with Crippen molar-refractivity contribution >= 4 is 17.3 Å². The van der Waals surface area contributed by atoms with Crippen LogP contribution in [0.4, 0.5) is 5.69 Å². The zero-order valence-corrected chi connectivity index (χ0v) is 7.41. The van der Waals surface area contributed by atoms with Crippen LogP contribution < -0.4 is 11.3 Å². The number of hydrazine groups is 1. The summed E-state index contributed by atoms with van der Waals surface area (Å²) in [5.41, 5.74) is 3.14. The molecule has 0 amide bonds. The summed E-state index contributed by atoms with van der Waals surface area (Å²) < 4.78 is 0. The second kappa shape index (κ2) is 4.18. The first-order valence-corrected chi connectivity index (χ1v) is 3.89. The van der Waals surface area contributed by atoms with Gasteiger partial charge in [-0.3, -0.25) is 21.4 Å². The summed E-state index contributed by atoms with van der Waals surface area (Å²) >= 11 is 5.65. The minimum absolute atomic E-state index is 0.0950. The number of nitro benzene ring substituents is 1. The number of nitrogens with one attached hydrogen (secondary N) is 1. The number of benzene rings is 1. The predicted octanol–water partition coefficient (Wildman–Crippen LogP) is 1.21. The zero-order valence-electron chi connectivity index (χ0n) is 6.66. The first-order chi connectivity index (χ1) is 6.15. The minimum Gasteiger partial charge on any atom is -0.271 e. The molecule has 70 valence electrons. The molecule has 0 aliphatic heterocycles. The van der Waals surface area contributed by atoms with Crippen molar-refractivity contribution in [1.82, 2.24) is 5.43 Å². The van der Waals surface area contributed by atoms with Crippen molar-refractivity contribution in [1.29, 1.82) is 0 Å². The third-order valence-electron chi connectivity index (χ3n) is 1.51. The van der Waals surface area contributed by atoms with E-state index in [1.54, 1.807) is 6.07 Å². The van der Waals surface area contributed by atoms with E-state index in [-0.39, 0.29) is 10.7 Å². The topological polar surface area (TPSA) is 81.2 Å². The van der Waals surface area contributed by atoms with Gasteiger partial charge in [-0.1, -0.05) is 17.7 Å². The van der Waals surface area contributed by atoms with Gasteiger partial charge >= 0.3 is 0 Å². The monoisotopic (exact) mass is 201 g/mol. The average Bonchev–Trinajstić information content (AvgIpc) is 2.04. The fourth-order valence-corrected chi connectivity index (χ4v) is 1.20. The molecule has 0 radical (unpaired) electrons. The Morgan fingerprint density at radius 2 is 2.31 bits per heavy atom. The van der Waals surface area contributed by atoms with Crippen molar-refractivity contribution in [2.75, 3.05) is 0 Å². The first-order valence-electron chi connectivity index (χ1n) is 3.51. The molecule has 0 bridgehead atoms. The Balaban J connectivity index is 2.98. The standard InChI is InChI=1S/C7H8ClN3O2/c8-6-3-5(4-10-9)1-2-7(6)11(12)13/h1-3,10H,4,9H2. The van der Waals surface area contributed by atoms with Crippen LogP contribution >= 0.6 is 11.6 Å². The van der Waals surface area contributed by atoms with Gasteiger partial charge < -0.3 is 0 Å². The van der Waals surface area contributed by atoms with Crippen LogP contribution in [0.15, 0.2) is 18.2 Å². The van der Waals surface area contributed by atoms with E-state index in [1.807, 2.05) is 0 Å². The maximum atomic E-state index is 10.4. The normalized spacial score (nSPS) is 10.0. The van der Waals surface area contributed by atoms with Gasteiger partial charge in [-0.2, -0.15) is 0 Å². The van der Waals surface area contributed by atoms with Gasteiger partial charge in [-0.05, 0) is 11.6 Å². The van der Waals surface area contributed by atoms with Crippen molar-refractivity contribution in [3.8, 4) is 0 Å². The molecule has 6 heteroatoms. The molecule has 3 N–H and O–H groups in total. The van der Waals surface area contributed by atoms with Gasteiger partial charge in [0.25, 0.3) is 5.69 Å². The molecule has 0 atom stereocenters. The lowest BCUT2D eigenvalue weighted by Gasteiger charge is -2.00. The molecule has 0 unspecified atom stereocenters. The molecule has 0 heterocycles. The molecule has 1 aromatic rings. The van der Waals surface area contributed by atoms with Gasteiger partial charge in [0.1, 0.15) is 5.02 Å². The summed E-state index contributed by atoms with van der Waals surface area (Å²) in [5, 5.41) is 10.5. The van der Waals surface area contributed by atoms with Crippen LogP contribution in [0, 0.1) is 10.1 Å². The van der Waals surface area contributed by atoms with Crippen molar-refractivity contribution < 1.29 is 4.92 Å². The molecule has 0 spiro atoms. The van der Waals surface area contributed by atoms with Crippen LogP contribution in [0.3, 0.4) is 0 Å². The van der Waals surface area contributed by atoms with E-state index in [0.717, 1.165) is 5.56 Å². The Kier molecular flexibility index (Phi) is 3.18. The molecule has 0 fully saturated rings. The number of hydrogen-bond donors (Lipinski definition) is 2. The van der Waals surface area contributed by atoms with Gasteiger partial charge in [0.05, 0.1) is 4.92 Å². The summed E-state index contributed by atoms with van der Waals surface area (Å²) in [6, 6.07) is 4.47. The average molecular weight is 202 g/mol. The van der Waals surface area contributed by atoms with Crippen molar-refractivity contribution in [2.24, 2.45) is 5.84 Å². The fourth-order valence-electron chi connectivity index (χ4n) is 0.926. The number of rotatable bonds is 3. The summed E-state index contributed by atoms with van der Waals surface area (Å²) in [4.78, 5) is 9.85. The van der Waals surface area contributed by atoms with Crippen molar-refractivity contribution in [3.05, 3.63) is 38.9 Å². The smallest absolute Gasteiger partial charge is 0.271 e. The highest BCUT2D eigenvalue weighted by molar-refractivity contribution is 6.32. The van der Waals surface area contributed by atoms with Crippen LogP contribution in [0.25, 0.3) is 0 Å². The highest BCUT2D eigenvalue weighted by Crippen LogP contribution is 2.24. The van der Waals surface area contributed by atoms with Gasteiger partial charge in [-0.15, -0.1) is 0 Å². The van der Waals surface area contributed by atoms with Crippen LogP contribution in [0.1, 0.15) is 5.56 Å². The van der Waals surface area contributed by atoms with Crippen LogP contribution in [0.5, 0.6) is 0 Å². The lowest BCUT2D eigenvalue weighted by Crippen LogP contribution is -2.20. The van der Waals surface area contributed by atoms with Gasteiger partial charge in [0.15, 0.2) is 0 Å². The SMILES string of the molecule is NNCc1ccc([N+](=O)[O-])c(Cl)c1. The van der Waals surface area contributed by atoms with E-state index < -0.39 is 4.92 Å². The Labute approximate surface area is 79.6 Å². The molecule has 5 nitrogen and oxygen atoms in total. The van der Waals surface area contributed by atoms with Crippen LogP contribution in [0.2, 0.25) is 5.02 Å². The summed E-state index contributed by atoms with van der Waals surface area (Å²) in [6.07, 6.45) is 0. The molecule has 0 aliphatic carbocycles. The third kappa shape index (κ3) is 2.38. The molecule has 0 aromatic heterocycles. The van der Waals surface area contributed by atoms with Crippen molar-refractivity contribution in [2.45, 2.75) is 6.54 Å². The quantitative estimate of drug-likeness (QED) is 0.438. The molecule has 1 aromatic carbocycles. The lowest BCUT2D eigenvalue weighted by atomic mass is 10.2. The van der Waals surface area contributed by atoms with Crippen molar-refractivity contribution in [3.63, 3.8) is 0 Å². The maximum Gasteiger partial charge on any atom is 0.287 e. The fraction of sp³-hybridized carbons (Fsp3) is 0.143. The highest BCUT2D eigenvalue weighted by Gasteiger charge is 2.11. The number of halogens is 1. The third-order valence-corrected chi connectivity index (χ3v) is 1.82. The van der Waals surface area contributed by atoms with E-state index in [2.05, 4.69) is 5.43 Å². The first kappa shape index (κ1) is 9.91. The lowest BCUT2D eigenvalue weighted by molar-refractivity contribution is -0.384. The second-order valence-corrected chi connectivity index (χ2v) is 2.83. The largest absolute Gasteiger partial charge is 0.287 e. The minimum atomic E-state index is -0.526. The molecule has 0 saturated carbocycles. The number of hydrogen-bond acceptors (Lipinski definition) is 4. The van der Waals surface area contributed by atoms with Crippen LogP contribution in [-0.4, -0.2) is 4.92 Å². The van der Waals surface area contributed by atoms with Gasteiger partial charge in [0.2, 0.25) is 0 Å². The predicted molar refractivity (Wildman–Crippen MR) is 49.1 cm³/mol. The molecule has 1 rings (SSSR count). The van der Waals surface area contributed by atoms with E-state index >= 15 is 0 Å². The highest BCUT2D eigenvalue weighted by atomic mass is 35.5. The zero-order chi connectivity index (χ0) is 9.84. The summed E-state index contributed by atoms with van der Waals surface area (Å²) in [7, 11) is 0. The summed E-state index contributed by atoms with van der Waals surface area (Å²) in [6.45, 7) is 0.428. The van der Waals surface area contributed by atoms with Gasteiger partial charge in [-0.25, -0.2) is 0 Å². The van der Waals surface area contributed by atoms with Crippen LogP contribution in [-0.2, 0) is 6.54 Å². The Morgan fingerprint density at radius 3 is 2.77 bits per heavy atom. The Morgan fingerprint density at radius 1 is 1.62 bits per heavy atom. The molecular weight excluding hydrogens is 194 g/mol. The summed E-state index contributed by atoms with van der Waals surface area (Å²) in [5.74, 6) is 5.08. The molecular formula is C7H8ClN3O2. The molecule has 13 heavy (non-hydrogen) atoms. The van der Waals surface area contributed by atoms with E-state index in [0.29, 0.717) is 6.54 Å². The van der Waals surface area contributed by atoms with E-state index in [9.17, 15) is 10.1 Å². The number of nitrogens with zero attached hydrogens (tertiary/aromatic N) is 1.